The van der Waals surface area contributed by atoms with Gasteiger partial charge in [0, 0.05) is 17.5 Å². The Labute approximate surface area is 124 Å². The van der Waals surface area contributed by atoms with E-state index in [2.05, 4.69) is 9.97 Å². The molecule has 0 aliphatic carbocycles. The maximum atomic E-state index is 13.5. The van der Waals surface area contributed by atoms with Crippen LogP contribution in [0.3, 0.4) is 0 Å². The third kappa shape index (κ3) is 3.87. The zero-order valence-electron chi connectivity index (χ0n) is 11.7. The van der Waals surface area contributed by atoms with Crippen molar-refractivity contribution in [1.82, 2.24) is 9.97 Å². The van der Waals surface area contributed by atoms with E-state index in [0.717, 1.165) is 18.2 Å². The fraction of sp³-hybridized carbons (Fsp3) is 0.214. The summed E-state index contributed by atoms with van der Waals surface area (Å²) in [6.45, 7) is 3.34. The first-order chi connectivity index (χ1) is 10.3. The predicted molar refractivity (Wildman–Crippen MR) is 70.5 cm³/mol. The standard InChI is InChI=1S/C14H12F2N2O4/c1-7-5-8(2)18-14(17-7)22-13(12(19)20)21-11-6-9(15)3-4-10(11)16/h3-6,13H,1-2H3,(H,19,20). The number of rotatable bonds is 5. The fourth-order valence-corrected chi connectivity index (χ4v) is 1.65. The van der Waals surface area contributed by atoms with E-state index in [4.69, 9.17) is 14.6 Å². The Balaban J connectivity index is 2.23. The first-order valence-electron chi connectivity index (χ1n) is 6.18. The van der Waals surface area contributed by atoms with Crippen molar-refractivity contribution >= 4 is 5.97 Å². The van der Waals surface area contributed by atoms with Gasteiger partial charge in [0.1, 0.15) is 5.82 Å². The molecule has 0 aliphatic heterocycles. The summed E-state index contributed by atoms with van der Waals surface area (Å²) in [5, 5.41) is 9.07. The minimum absolute atomic E-state index is 0.235. The molecule has 1 N–H and O–H groups in total. The lowest BCUT2D eigenvalue weighted by Crippen LogP contribution is -2.34. The minimum Gasteiger partial charge on any atom is -0.476 e. The van der Waals surface area contributed by atoms with E-state index in [1.165, 1.54) is 0 Å². The largest absolute Gasteiger partial charge is 0.476 e. The van der Waals surface area contributed by atoms with Crippen molar-refractivity contribution in [3.63, 3.8) is 0 Å². The molecule has 0 aliphatic rings. The monoisotopic (exact) mass is 310 g/mol. The second kappa shape index (κ2) is 6.33. The Hall–Kier alpha value is -2.77. The number of hydrogen-bond donors (Lipinski definition) is 1. The molecular formula is C14H12F2N2O4. The summed E-state index contributed by atoms with van der Waals surface area (Å²) in [7, 11) is 0. The minimum atomic E-state index is -1.92. The Morgan fingerprint density at radius 3 is 2.36 bits per heavy atom. The number of halogens is 2. The molecule has 0 bridgehead atoms. The molecule has 1 unspecified atom stereocenters. The number of benzene rings is 1. The van der Waals surface area contributed by atoms with Crippen molar-refractivity contribution in [3.05, 3.63) is 47.3 Å². The quantitative estimate of drug-likeness (QED) is 0.853. The molecule has 1 atom stereocenters. The maximum absolute atomic E-state index is 13.5. The van der Waals surface area contributed by atoms with Crippen molar-refractivity contribution in [1.29, 1.82) is 0 Å². The average molecular weight is 310 g/mol. The zero-order chi connectivity index (χ0) is 16.3. The molecule has 0 fully saturated rings. The van der Waals surface area contributed by atoms with Gasteiger partial charge in [0.25, 0.3) is 0 Å². The number of aromatic nitrogens is 2. The molecule has 8 heteroatoms. The predicted octanol–water partition coefficient (Wildman–Crippen LogP) is 2.24. The number of nitrogens with zero attached hydrogens (tertiary/aromatic N) is 2. The topological polar surface area (TPSA) is 81.5 Å². The van der Waals surface area contributed by atoms with Crippen LogP contribution < -0.4 is 9.47 Å². The van der Waals surface area contributed by atoms with Crippen molar-refractivity contribution < 1.29 is 28.2 Å². The molecule has 2 aromatic rings. The highest BCUT2D eigenvalue weighted by atomic mass is 19.1. The molecule has 0 amide bonds. The van der Waals surface area contributed by atoms with E-state index in [9.17, 15) is 13.6 Å². The van der Waals surface area contributed by atoms with Gasteiger partial charge in [-0.25, -0.2) is 23.5 Å². The molecular weight excluding hydrogens is 298 g/mol. The van der Waals surface area contributed by atoms with Crippen LogP contribution >= 0.6 is 0 Å². The molecule has 0 spiro atoms. The molecule has 1 heterocycles. The lowest BCUT2D eigenvalue weighted by atomic mass is 10.3. The van der Waals surface area contributed by atoms with Crippen LogP contribution in [0.5, 0.6) is 11.8 Å². The molecule has 1 aromatic carbocycles. The van der Waals surface area contributed by atoms with Crippen LogP contribution in [0.4, 0.5) is 8.78 Å². The number of ether oxygens (including phenoxy) is 2. The third-order valence-electron chi connectivity index (χ3n) is 2.50. The second-order valence-electron chi connectivity index (χ2n) is 4.41. The smallest absolute Gasteiger partial charge is 0.387 e. The van der Waals surface area contributed by atoms with Gasteiger partial charge in [-0.1, -0.05) is 0 Å². The number of hydrogen-bond acceptors (Lipinski definition) is 5. The molecule has 22 heavy (non-hydrogen) atoms. The molecule has 1 aromatic heterocycles. The fourth-order valence-electron chi connectivity index (χ4n) is 1.65. The van der Waals surface area contributed by atoms with E-state index in [-0.39, 0.29) is 6.01 Å². The van der Waals surface area contributed by atoms with E-state index >= 15 is 0 Å². The molecule has 6 nitrogen and oxygen atoms in total. The lowest BCUT2D eigenvalue weighted by molar-refractivity contribution is -0.159. The Kier molecular flexibility index (Phi) is 4.50. The van der Waals surface area contributed by atoms with Crippen LogP contribution in [0.1, 0.15) is 11.4 Å². The van der Waals surface area contributed by atoms with E-state index in [0.29, 0.717) is 11.4 Å². The highest BCUT2D eigenvalue weighted by Gasteiger charge is 2.25. The molecule has 0 saturated carbocycles. The highest BCUT2D eigenvalue weighted by molar-refractivity contribution is 5.71. The van der Waals surface area contributed by atoms with Crippen LogP contribution in [-0.2, 0) is 4.79 Å². The molecule has 2 rings (SSSR count). The Bertz CT molecular complexity index is 689. The van der Waals surface area contributed by atoms with Gasteiger partial charge in [-0.3, -0.25) is 0 Å². The summed E-state index contributed by atoms with van der Waals surface area (Å²) in [5.41, 5.74) is 1.12. The van der Waals surface area contributed by atoms with Crippen molar-refractivity contribution in [2.75, 3.05) is 0 Å². The summed E-state index contributed by atoms with van der Waals surface area (Å²) in [5.74, 6) is -3.82. The Morgan fingerprint density at radius 2 is 1.77 bits per heavy atom. The van der Waals surface area contributed by atoms with Crippen LogP contribution in [0.2, 0.25) is 0 Å². The number of carboxylic acids is 1. The third-order valence-corrected chi connectivity index (χ3v) is 2.50. The van der Waals surface area contributed by atoms with Crippen LogP contribution in [-0.4, -0.2) is 27.3 Å². The first-order valence-corrected chi connectivity index (χ1v) is 6.18. The van der Waals surface area contributed by atoms with Gasteiger partial charge >= 0.3 is 18.3 Å². The number of aliphatic carboxylic acids is 1. The average Bonchev–Trinajstić information content (AvgIpc) is 2.40. The van der Waals surface area contributed by atoms with Crippen molar-refractivity contribution in [2.24, 2.45) is 0 Å². The first kappa shape index (κ1) is 15.6. The summed E-state index contributed by atoms with van der Waals surface area (Å²) < 4.78 is 36.4. The number of carboxylic acid groups (broad SMARTS) is 1. The Morgan fingerprint density at radius 1 is 1.14 bits per heavy atom. The van der Waals surface area contributed by atoms with E-state index < -0.39 is 29.6 Å². The second-order valence-corrected chi connectivity index (χ2v) is 4.41. The van der Waals surface area contributed by atoms with Crippen molar-refractivity contribution in [3.8, 4) is 11.8 Å². The number of carbonyl (C=O) groups is 1. The highest BCUT2D eigenvalue weighted by Crippen LogP contribution is 2.20. The molecule has 0 radical (unpaired) electrons. The molecule has 0 saturated heterocycles. The van der Waals surface area contributed by atoms with Crippen LogP contribution in [0, 0.1) is 25.5 Å². The summed E-state index contributed by atoms with van der Waals surface area (Å²) in [6.07, 6.45) is -1.92. The maximum Gasteiger partial charge on any atom is 0.387 e. The van der Waals surface area contributed by atoms with E-state index in [1.54, 1.807) is 19.9 Å². The van der Waals surface area contributed by atoms with Gasteiger partial charge in [-0.05, 0) is 32.0 Å². The van der Waals surface area contributed by atoms with Crippen LogP contribution in [0.25, 0.3) is 0 Å². The van der Waals surface area contributed by atoms with Gasteiger partial charge in [0.15, 0.2) is 11.6 Å². The zero-order valence-corrected chi connectivity index (χ0v) is 11.7. The summed E-state index contributed by atoms with van der Waals surface area (Å²) >= 11 is 0. The van der Waals surface area contributed by atoms with Gasteiger partial charge in [0.2, 0.25) is 0 Å². The number of aryl methyl sites for hydroxylation is 2. The van der Waals surface area contributed by atoms with Gasteiger partial charge in [-0.2, -0.15) is 0 Å². The van der Waals surface area contributed by atoms with E-state index in [1.807, 2.05) is 0 Å². The van der Waals surface area contributed by atoms with Crippen molar-refractivity contribution in [2.45, 2.75) is 20.1 Å². The van der Waals surface area contributed by atoms with Crippen LogP contribution in [0.15, 0.2) is 24.3 Å². The van der Waals surface area contributed by atoms with Gasteiger partial charge in [-0.15, -0.1) is 0 Å². The SMILES string of the molecule is Cc1cc(C)nc(OC(Oc2cc(F)ccc2F)C(=O)O)n1. The lowest BCUT2D eigenvalue weighted by Gasteiger charge is -2.16. The normalized spacial score (nSPS) is 11.8. The summed E-state index contributed by atoms with van der Waals surface area (Å²) in [6, 6.07) is 3.84. The molecule has 116 valence electrons. The van der Waals surface area contributed by atoms with Gasteiger partial charge in [0.05, 0.1) is 0 Å². The van der Waals surface area contributed by atoms with Gasteiger partial charge < -0.3 is 14.6 Å². The summed E-state index contributed by atoms with van der Waals surface area (Å²) in [4.78, 5) is 18.9.